The van der Waals surface area contributed by atoms with Gasteiger partial charge in [-0.1, -0.05) is 26.0 Å². The van der Waals surface area contributed by atoms with Crippen molar-refractivity contribution in [3.63, 3.8) is 0 Å². The predicted octanol–water partition coefficient (Wildman–Crippen LogP) is 2.62. The van der Waals surface area contributed by atoms with Crippen molar-refractivity contribution in [2.75, 3.05) is 31.6 Å². The molecular formula is C21H26FN3O5S. The summed E-state index contributed by atoms with van der Waals surface area (Å²) in [5.41, 5.74) is 0.0447. The molecule has 0 aliphatic carbocycles. The van der Waals surface area contributed by atoms with Crippen molar-refractivity contribution >= 4 is 27.5 Å². The largest absolute Gasteiger partial charge is 0.492 e. The summed E-state index contributed by atoms with van der Waals surface area (Å²) in [4.78, 5) is 24.2. The van der Waals surface area contributed by atoms with Gasteiger partial charge in [0, 0.05) is 18.8 Å². The van der Waals surface area contributed by atoms with E-state index in [1.807, 2.05) is 0 Å². The van der Waals surface area contributed by atoms with Gasteiger partial charge in [0.15, 0.2) is 0 Å². The van der Waals surface area contributed by atoms with E-state index in [2.05, 4.69) is 10.6 Å². The lowest BCUT2D eigenvalue weighted by molar-refractivity contribution is -0.115. The third-order valence-corrected chi connectivity index (χ3v) is 6.45. The zero-order valence-corrected chi connectivity index (χ0v) is 18.5. The Bertz CT molecular complexity index is 1040. The van der Waals surface area contributed by atoms with E-state index in [0.717, 1.165) is 6.07 Å². The maximum Gasteiger partial charge on any atom is 0.254 e. The molecule has 31 heavy (non-hydrogen) atoms. The molecule has 0 saturated carbocycles. The van der Waals surface area contributed by atoms with E-state index in [9.17, 15) is 22.4 Å². The molecule has 8 nitrogen and oxygen atoms in total. The van der Waals surface area contributed by atoms with E-state index < -0.39 is 34.2 Å². The Labute approximate surface area is 181 Å². The molecule has 2 aromatic carbocycles. The second kappa shape index (κ2) is 10.9. The Kier molecular flexibility index (Phi) is 8.52. The molecule has 0 spiro atoms. The summed E-state index contributed by atoms with van der Waals surface area (Å²) in [6.07, 6.45) is 0. The van der Waals surface area contributed by atoms with Crippen LogP contribution in [0.5, 0.6) is 5.75 Å². The molecule has 0 unspecified atom stereocenters. The minimum absolute atomic E-state index is 0.0637. The second-order valence-corrected chi connectivity index (χ2v) is 8.30. The summed E-state index contributed by atoms with van der Waals surface area (Å²) < 4.78 is 46.3. The highest BCUT2D eigenvalue weighted by Crippen LogP contribution is 2.30. The number of nitrogens with zero attached hydrogens (tertiary/aromatic N) is 1. The fourth-order valence-electron chi connectivity index (χ4n) is 2.87. The molecule has 2 rings (SSSR count). The van der Waals surface area contributed by atoms with Gasteiger partial charge in [0.2, 0.25) is 15.9 Å². The van der Waals surface area contributed by atoms with Gasteiger partial charge in [0.25, 0.3) is 5.91 Å². The first-order valence-electron chi connectivity index (χ1n) is 9.84. The second-order valence-electron chi connectivity index (χ2n) is 6.39. The average Bonchev–Trinajstić information content (AvgIpc) is 2.74. The number of anilines is 1. The van der Waals surface area contributed by atoms with Gasteiger partial charge in [-0.3, -0.25) is 9.59 Å². The van der Waals surface area contributed by atoms with Gasteiger partial charge in [0.1, 0.15) is 16.5 Å². The van der Waals surface area contributed by atoms with Crippen molar-refractivity contribution in [3.05, 3.63) is 53.8 Å². The molecule has 0 aliphatic rings. The van der Waals surface area contributed by atoms with Crippen LogP contribution in [0.25, 0.3) is 0 Å². The summed E-state index contributed by atoms with van der Waals surface area (Å²) in [6, 6.07) is 9.70. The van der Waals surface area contributed by atoms with Crippen molar-refractivity contribution in [2.24, 2.45) is 0 Å². The topological polar surface area (TPSA) is 105 Å². The van der Waals surface area contributed by atoms with Crippen LogP contribution >= 0.6 is 0 Å². The van der Waals surface area contributed by atoms with Crippen molar-refractivity contribution in [1.82, 2.24) is 9.62 Å². The van der Waals surface area contributed by atoms with Gasteiger partial charge in [-0.15, -0.1) is 0 Å². The zero-order valence-electron chi connectivity index (χ0n) is 17.6. The molecule has 168 valence electrons. The summed E-state index contributed by atoms with van der Waals surface area (Å²) in [5, 5.41) is 4.86. The number of hydrogen-bond donors (Lipinski definition) is 2. The van der Waals surface area contributed by atoms with Gasteiger partial charge in [-0.25, -0.2) is 12.8 Å². The number of halogens is 1. The van der Waals surface area contributed by atoms with Crippen molar-refractivity contribution < 1.29 is 27.1 Å². The maximum absolute atomic E-state index is 13.7. The molecule has 0 atom stereocenters. The van der Waals surface area contributed by atoms with Crippen LogP contribution in [0.15, 0.2) is 47.4 Å². The molecule has 0 bridgehead atoms. The smallest absolute Gasteiger partial charge is 0.254 e. The number of carbonyl (C=O) groups is 2. The third kappa shape index (κ3) is 6.02. The highest BCUT2D eigenvalue weighted by molar-refractivity contribution is 7.89. The van der Waals surface area contributed by atoms with Gasteiger partial charge >= 0.3 is 0 Å². The lowest BCUT2D eigenvalue weighted by atomic mass is 10.2. The summed E-state index contributed by atoms with van der Waals surface area (Å²) in [6.45, 7) is 5.61. The minimum atomic E-state index is -3.83. The summed E-state index contributed by atoms with van der Waals surface area (Å²) in [5.74, 6) is -1.84. The predicted molar refractivity (Wildman–Crippen MR) is 115 cm³/mol. The number of amides is 2. The van der Waals surface area contributed by atoms with E-state index in [-0.39, 0.29) is 41.6 Å². The number of sulfonamides is 1. The molecule has 0 radical (unpaired) electrons. The Morgan fingerprint density at radius 3 is 2.35 bits per heavy atom. The molecule has 0 heterocycles. The Balaban J connectivity index is 2.17. The van der Waals surface area contributed by atoms with Crippen molar-refractivity contribution in [2.45, 2.75) is 25.7 Å². The van der Waals surface area contributed by atoms with E-state index in [0.29, 0.717) is 0 Å². The van der Waals surface area contributed by atoms with E-state index >= 15 is 0 Å². The van der Waals surface area contributed by atoms with Crippen LogP contribution in [0, 0.1) is 5.82 Å². The van der Waals surface area contributed by atoms with Crippen LogP contribution in [-0.4, -0.2) is 50.8 Å². The molecule has 2 N–H and O–H groups in total. The van der Waals surface area contributed by atoms with Crippen LogP contribution in [-0.2, 0) is 14.8 Å². The van der Waals surface area contributed by atoms with Crippen LogP contribution < -0.4 is 15.4 Å². The monoisotopic (exact) mass is 451 g/mol. The van der Waals surface area contributed by atoms with Crippen LogP contribution in [0.3, 0.4) is 0 Å². The molecule has 0 aromatic heterocycles. The summed E-state index contributed by atoms with van der Waals surface area (Å²) >= 11 is 0. The van der Waals surface area contributed by atoms with Gasteiger partial charge in [-0.2, -0.15) is 4.31 Å². The molecule has 2 amide bonds. The first-order valence-corrected chi connectivity index (χ1v) is 11.3. The molecular weight excluding hydrogens is 425 g/mol. The van der Waals surface area contributed by atoms with Crippen LogP contribution in [0.4, 0.5) is 10.1 Å². The van der Waals surface area contributed by atoms with Crippen molar-refractivity contribution in [1.29, 1.82) is 0 Å². The quantitative estimate of drug-likeness (QED) is 0.578. The Hall–Kier alpha value is -2.98. The molecule has 10 heteroatoms. The van der Waals surface area contributed by atoms with Crippen LogP contribution in [0.2, 0.25) is 0 Å². The average molecular weight is 452 g/mol. The number of carbonyl (C=O) groups excluding carboxylic acids is 2. The maximum atomic E-state index is 13.7. The first-order chi connectivity index (χ1) is 14.7. The normalized spacial score (nSPS) is 11.3. The number of ether oxygens (including phenoxy) is 1. The highest BCUT2D eigenvalue weighted by atomic mass is 32.2. The third-order valence-electron chi connectivity index (χ3n) is 4.38. The van der Waals surface area contributed by atoms with Crippen LogP contribution in [0.1, 0.15) is 31.1 Å². The van der Waals surface area contributed by atoms with E-state index in [4.69, 9.17) is 4.74 Å². The first kappa shape index (κ1) is 24.3. The lowest BCUT2D eigenvalue weighted by Crippen LogP contribution is -2.33. The number of hydrogen-bond acceptors (Lipinski definition) is 5. The highest BCUT2D eigenvalue weighted by Gasteiger charge is 2.26. The summed E-state index contributed by atoms with van der Waals surface area (Å²) in [7, 11) is -3.83. The fourth-order valence-corrected chi connectivity index (χ4v) is 4.49. The molecule has 0 saturated heterocycles. The number of rotatable bonds is 10. The van der Waals surface area contributed by atoms with Gasteiger partial charge in [-0.05, 0) is 37.3 Å². The SMILES string of the molecule is CCOc1ccc(NC(=O)CNC(=O)c2ccccc2F)cc1S(=O)(=O)N(CC)CC. The number of nitrogens with one attached hydrogen (secondary N) is 2. The Morgan fingerprint density at radius 1 is 1.06 bits per heavy atom. The molecule has 2 aromatic rings. The molecule has 0 fully saturated rings. The van der Waals surface area contributed by atoms with Gasteiger partial charge < -0.3 is 15.4 Å². The van der Waals surface area contributed by atoms with E-state index in [1.165, 1.54) is 40.7 Å². The molecule has 0 aliphatic heterocycles. The fraction of sp³-hybridized carbons (Fsp3) is 0.333. The van der Waals surface area contributed by atoms with Gasteiger partial charge in [0.05, 0.1) is 18.7 Å². The Morgan fingerprint density at radius 2 is 1.74 bits per heavy atom. The van der Waals surface area contributed by atoms with E-state index in [1.54, 1.807) is 20.8 Å². The lowest BCUT2D eigenvalue weighted by Gasteiger charge is -2.21. The minimum Gasteiger partial charge on any atom is -0.492 e. The van der Waals surface area contributed by atoms with Crippen molar-refractivity contribution in [3.8, 4) is 5.75 Å². The number of benzene rings is 2. The standard InChI is InChI=1S/C21H26FN3O5S/c1-4-25(5-2)31(28,29)19-13-15(11-12-18(19)30-6-3)24-20(26)14-23-21(27)16-9-7-8-10-17(16)22/h7-13H,4-6,14H2,1-3H3,(H,23,27)(H,24,26). The zero-order chi connectivity index (χ0) is 23.0.